The van der Waals surface area contributed by atoms with E-state index in [9.17, 15) is 14.0 Å². The van der Waals surface area contributed by atoms with Crippen LogP contribution in [0.5, 0.6) is 0 Å². The first-order valence-electron chi connectivity index (χ1n) is 10.1. The van der Waals surface area contributed by atoms with E-state index >= 15 is 0 Å². The quantitative estimate of drug-likeness (QED) is 0.864. The molecule has 2 saturated heterocycles. The van der Waals surface area contributed by atoms with Crippen molar-refractivity contribution in [3.8, 4) is 0 Å². The van der Waals surface area contributed by atoms with E-state index in [1.165, 1.54) is 12.1 Å². The highest BCUT2D eigenvalue weighted by Gasteiger charge is 2.35. The highest BCUT2D eigenvalue weighted by Crippen LogP contribution is 2.28. The fourth-order valence-corrected chi connectivity index (χ4v) is 4.25. The van der Waals surface area contributed by atoms with Crippen LogP contribution in [0.3, 0.4) is 0 Å². The van der Waals surface area contributed by atoms with E-state index in [1.807, 2.05) is 11.0 Å². The molecule has 2 fully saturated rings. The third-order valence-corrected chi connectivity index (χ3v) is 5.75. The van der Waals surface area contributed by atoms with Gasteiger partial charge in [0.05, 0.1) is 12.0 Å². The van der Waals surface area contributed by atoms with Crippen molar-refractivity contribution in [3.63, 3.8) is 0 Å². The third kappa shape index (κ3) is 4.29. The van der Waals surface area contributed by atoms with Gasteiger partial charge >= 0.3 is 0 Å². The van der Waals surface area contributed by atoms with Crippen LogP contribution in [0, 0.1) is 11.7 Å². The fraction of sp³-hybridized carbons (Fsp3) is 0.409. The molecule has 29 heavy (non-hydrogen) atoms. The summed E-state index contributed by atoms with van der Waals surface area (Å²) in [5.74, 6) is -0.546. The molecule has 2 amide bonds. The zero-order valence-electron chi connectivity index (χ0n) is 16.3. The normalized spacial score (nSPS) is 22.4. The average molecular weight is 396 g/mol. The van der Waals surface area contributed by atoms with Crippen LogP contribution in [0.2, 0.25) is 0 Å². The summed E-state index contributed by atoms with van der Waals surface area (Å²) in [7, 11) is 0. The minimum atomic E-state index is -0.299. The number of carbonyl (C=O) groups excluding carboxylic acids is 2. The Morgan fingerprint density at radius 2 is 1.97 bits per heavy atom. The van der Waals surface area contributed by atoms with E-state index in [0.29, 0.717) is 38.3 Å². The molecule has 6 nitrogen and oxygen atoms in total. The Hall–Kier alpha value is -2.80. The molecule has 1 N–H and O–H groups in total. The number of nitrogens with zero attached hydrogens (tertiary/aromatic N) is 3. The summed E-state index contributed by atoms with van der Waals surface area (Å²) in [6.07, 6.45) is 4.76. The maximum atomic E-state index is 13.7. The van der Waals surface area contributed by atoms with E-state index in [0.717, 1.165) is 18.4 Å². The number of benzene rings is 1. The molecule has 0 radical (unpaired) electrons. The van der Waals surface area contributed by atoms with E-state index in [1.54, 1.807) is 35.5 Å². The second-order valence-corrected chi connectivity index (χ2v) is 7.63. The van der Waals surface area contributed by atoms with E-state index in [2.05, 4.69) is 10.3 Å². The number of nitrogens with one attached hydrogen (secondary N) is 1. The monoisotopic (exact) mass is 396 g/mol. The molecule has 1 aromatic heterocycles. The van der Waals surface area contributed by atoms with Crippen molar-refractivity contribution in [1.82, 2.24) is 20.1 Å². The minimum absolute atomic E-state index is 0.0491. The molecule has 0 bridgehead atoms. The van der Waals surface area contributed by atoms with Crippen LogP contribution >= 0.6 is 0 Å². The number of rotatable bonds is 3. The van der Waals surface area contributed by atoms with Gasteiger partial charge in [0, 0.05) is 50.7 Å². The van der Waals surface area contributed by atoms with Crippen molar-refractivity contribution in [2.45, 2.75) is 18.9 Å². The van der Waals surface area contributed by atoms with Gasteiger partial charge in [-0.1, -0.05) is 12.1 Å². The zero-order chi connectivity index (χ0) is 20.2. The lowest BCUT2D eigenvalue weighted by Gasteiger charge is -2.41. The molecular weight excluding hydrogens is 371 g/mol. The van der Waals surface area contributed by atoms with Crippen molar-refractivity contribution in [3.05, 3.63) is 65.7 Å². The molecule has 4 rings (SSSR count). The molecule has 2 unspecified atom stereocenters. The van der Waals surface area contributed by atoms with Crippen molar-refractivity contribution < 1.29 is 14.0 Å². The van der Waals surface area contributed by atoms with Crippen molar-refractivity contribution in [1.29, 1.82) is 0 Å². The highest BCUT2D eigenvalue weighted by atomic mass is 19.1. The number of hydrogen-bond donors (Lipinski definition) is 1. The summed E-state index contributed by atoms with van der Waals surface area (Å²) in [6, 6.07) is 9.65. The van der Waals surface area contributed by atoms with Gasteiger partial charge in [-0.15, -0.1) is 0 Å². The van der Waals surface area contributed by atoms with Crippen molar-refractivity contribution >= 4 is 11.8 Å². The molecule has 0 aliphatic carbocycles. The first kappa shape index (κ1) is 19.5. The predicted molar refractivity (Wildman–Crippen MR) is 107 cm³/mol. The topological polar surface area (TPSA) is 65.5 Å². The van der Waals surface area contributed by atoms with E-state index < -0.39 is 0 Å². The lowest BCUT2D eigenvalue weighted by Crippen LogP contribution is -2.53. The number of likely N-dealkylation sites (tertiary alicyclic amines) is 1. The summed E-state index contributed by atoms with van der Waals surface area (Å²) in [6.45, 7) is 2.96. The van der Waals surface area contributed by atoms with Crippen LogP contribution in [0.15, 0.2) is 48.8 Å². The van der Waals surface area contributed by atoms with Gasteiger partial charge in [0.25, 0.3) is 5.91 Å². The smallest absolute Gasteiger partial charge is 0.253 e. The Kier molecular flexibility index (Phi) is 5.85. The summed E-state index contributed by atoms with van der Waals surface area (Å²) < 4.78 is 13.7. The molecule has 1 aromatic carbocycles. The van der Waals surface area contributed by atoms with Gasteiger partial charge in [0.2, 0.25) is 5.91 Å². The van der Waals surface area contributed by atoms with Gasteiger partial charge in [-0.3, -0.25) is 14.6 Å². The average Bonchev–Trinajstić information content (AvgIpc) is 2.79. The minimum Gasteiger partial charge on any atom is -0.338 e. The Labute approximate surface area is 169 Å². The number of halogens is 1. The maximum absolute atomic E-state index is 13.7. The summed E-state index contributed by atoms with van der Waals surface area (Å²) in [4.78, 5) is 33.8. The number of aromatic nitrogens is 1. The highest BCUT2D eigenvalue weighted by molar-refractivity contribution is 5.94. The van der Waals surface area contributed by atoms with Crippen LogP contribution < -0.4 is 5.32 Å². The van der Waals surface area contributed by atoms with Gasteiger partial charge in [-0.05, 0) is 42.7 Å². The summed E-state index contributed by atoms with van der Waals surface area (Å²) >= 11 is 0. The van der Waals surface area contributed by atoms with Gasteiger partial charge in [0.1, 0.15) is 5.82 Å². The second-order valence-electron chi connectivity index (χ2n) is 7.63. The number of hydrogen-bond acceptors (Lipinski definition) is 4. The van der Waals surface area contributed by atoms with Crippen LogP contribution in [-0.4, -0.2) is 59.3 Å². The lowest BCUT2D eigenvalue weighted by atomic mass is 9.93. The SMILES string of the molecule is O=C(c1ccncc1)N1CCCC(C(=O)N2CCNCC2c2cccc(F)c2)C1. The van der Waals surface area contributed by atoms with Crippen molar-refractivity contribution in [2.75, 3.05) is 32.7 Å². The van der Waals surface area contributed by atoms with Crippen LogP contribution in [0.1, 0.15) is 34.8 Å². The maximum Gasteiger partial charge on any atom is 0.253 e. The molecule has 152 valence electrons. The molecule has 0 spiro atoms. The Balaban J connectivity index is 1.49. The number of amides is 2. The number of carbonyl (C=O) groups is 2. The Morgan fingerprint density at radius 1 is 1.14 bits per heavy atom. The number of pyridine rings is 1. The largest absolute Gasteiger partial charge is 0.338 e. The summed E-state index contributed by atoms with van der Waals surface area (Å²) in [5, 5.41) is 3.30. The Morgan fingerprint density at radius 3 is 2.76 bits per heavy atom. The third-order valence-electron chi connectivity index (χ3n) is 5.75. The van der Waals surface area contributed by atoms with Crippen LogP contribution in [-0.2, 0) is 4.79 Å². The predicted octanol–water partition coefficient (Wildman–Crippen LogP) is 2.25. The van der Waals surface area contributed by atoms with Gasteiger partial charge in [-0.25, -0.2) is 4.39 Å². The lowest BCUT2D eigenvalue weighted by molar-refractivity contribution is -0.140. The zero-order valence-corrected chi connectivity index (χ0v) is 16.3. The molecule has 0 saturated carbocycles. The molecule has 3 heterocycles. The van der Waals surface area contributed by atoms with Gasteiger partial charge in [0.15, 0.2) is 0 Å². The molecule has 7 heteroatoms. The number of piperazine rings is 1. The first-order valence-corrected chi connectivity index (χ1v) is 10.1. The van der Waals surface area contributed by atoms with Crippen LogP contribution in [0.25, 0.3) is 0 Å². The number of piperidine rings is 1. The second kappa shape index (κ2) is 8.69. The van der Waals surface area contributed by atoms with Gasteiger partial charge in [-0.2, -0.15) is 0 Å². The van der Waals surface area contributed by atoms with Crippen LogP contribution in [0.4, 0.5) is 4.39 Å². The molecule has 2 aliphatic heterocycles. The molecule has 2 atom stereocenters. The van der Waals surface area contributed by atoms with Crippen molar-refractivity contribution in [2.24, 2.45) is 5.92 Å². The Bertz CT molecular complexity index is 876. The fourth-order valence-electron chi connectivity index (χ4n) is 4.25. The molecular formula is C22H25FN4O2. The van der Waals surface area contributed by atoms with E-state index in [-0.39, 0.29) is 29.6 Å². The first-order chi connectivity index (χ1) is 14.1. The molecule has 2 aromatic rings. The van der Waals surface area contributed by atoms with E-state index in [4.69, 9.17) is 0 Å². The van der Waals surface area contributed by atoms with Gasteiger partial charge < -0.3 is 15.1 Å². The molecule has 2 aliphatic rings. The summed E-state index contributed by atoms with van der Waals surface area (Å²) in [5.41, 5.74) is 1.39. The standard InChI is InChI=1S/C22H25FN4O2/c23-19-5-1-3-17(13-19)20-14-25-10-12-27(20)22(29)18-4-2-11-26(15-18)21(28)16-6-8-24-9-7-16/h1,3,5-9,13,18,20,25H,2,4,10-12,14-15H2.